The number of hydrogen-bond donors (Lipinski definition) is 0. The monoisotopic (exact) mass is 299 g/mol. The molecule has 8 heteroatoms. The zero-order chi connectivity index (χ0) is 13.5. The normalized spacial score (nSPS) is 20.6. The van der Waals surface area contributed by atoms with Gasteiger partial charge in [-0.15, -0.1) is 23.4 Å². The van der Waals surface area contributed by atoms with E-state index in [0.29, 0.717) is 12.1 Å². The summed E-state index contributed by atoms with van der Waals surface area (Å²) in [6, 6.07) is 2.43. The van der Waals surface area contributed by atoms with Crippen LogP contribution in [0.5, 0.6) is 0 Å². The number of hydrogen-bond acceptors (Lipinski definition) is 2. The van der Waals surface area contributed by atoms with Crippen molar-refractivity contribution in [2.24, 2.45) is 0 Å². The Kier molecular flexibility index (Phi) is 3.46. The summed E-state index contributed by atoms with van der Waals surface area (Å²) in [6.45, 7) is 0. The molecule has 0 aromatic heterocycles. The molecule has 1 aromatic carbocycles. The van der Waals surface area contributed by atoms with Gasteiger partial charge in [-0.05, 0) is 18.2 Å². The molecule has 0 N–H and O–H groups in total. The fourth-order valence-corrected chi connectivity index (χ4v) is 2.61. The van der Waals surface area contributed by atoms with Crippen LogP contribution in [0.25, 0.3) is 0 Å². The standard InChI is InChI=1S/C10H6ClF4NOS/c11-8-9(17)16(4-18-8)5-1-2-7(12)6(3-5)10(13,14)15/h1-3,8H,4H2. The molecule has 1 fully saturated rings. The Hall–Kier alpha value is -0.950. The van der Waals surface area contributed by atoms with Gasteiger partial charge in [0.2, 0.25) is 0 Å². The van der Waals surface area contributed by atoms with Crippen molar-refractivity contribution >= 4 is 35.0 Å². The van der Waals surface area contributed by atoms with Crippen molar-refractivity contribution in [2.45, 2.75) is 10.9 Å². The van der Waals surface area contributed by atoms with Crippen LogP contribution in [0.2, 0.25) is 0 Å². The third-order valence-corrected chi connectivity index (χ3v) is 3.84. The number of rotatable bonds is 1. The molecule has 2 rings (SSSR count). The zero-order valence-corrected chi connectivity index (χ0v) is 10.2. The van der Waals surface area contributed by atoms with Crippen molar-refractivity contribution in [3.05, 3.63) is 29.6 Å². The van der Waals surface area contributed by atoms with Crippen molar-refractivity contribution in [1.29, 1.82) is 0 Å². The molecule has 98 valence electrons. The third-order valence-electron chi connectivity index (χ3n) is 2.38. The Balaban J connectivity index is 2.39. The highest BCUT2D eigenvalue weighted by molar-refractivity contribution is 8.02. The molecule has 1 amide bonds. The number of nitrogens with zero attached hydrogens (tertiary/aromatic N) is 1. The molecule has 0 saturated carbocycles. The van der Waals surface area contributed by atoms with Gasteiger partial charge in [-0.1, -0.05) is 0 Å². The summed E-state index contributed by atoms with van der Waals surface area (Å²) >= 11 is 6.74. The quantitative estimate of drug-likeness (QED) is 0.585. The highest BCUT2D eigenvalue weighted by Gasteiger charge is 2.37. The maximum Gasteiger partial charge on any atom is 0.419 e. The van der Waals surface area contributed by atoms with Gasteiger partial charge in [-0.3, -0.25) is 4.79 Å². The Bertz CT molecular complexity index is 493. The first-order chi connectivity index (χ1) is 8.30. The van der Waals surface area contributed by atoms with Crippen LogP contribution in [0.4, 0.5) is 23.2 Å². The van der Waals surface area contributed by atoms with Gasteiger partial charge in [-0.25, -0.2) is 4.39 Å². The number of alkyl halides is 4. The summed E-state index contributed by atoms with van der Waals surface area (Å²) in [5, 5.41) is 0. The molecule has 2 nitrogen and oxygen atoms in total. The van der Waals surface area contributed by atoms with Gasteiger partial charge in [0, 0.05) is 5.69 Å². The average molecular weight is 300 g/mol. The van der Waals surface area contributed by atoms with Crippen LogP contribution >= 0.6 is 23.4 Å². The molecule has 18 heavy (non-hydrogen) atoms. The van der Waals surface area contributed by atoms with Crippen LogP contribution in [-0.4, -0.2) is 16.5 Å². The second kappa shape index (κ2) is 4.62. The lowest BCUT2D eigenvalue weighted by Crippen LogP contribution is -2.27. The summed E-state index contributed by atoms with van der Waals surface area (Å²) in [6.07, 6.45) is -4.80. The lowest BCUT2D eigenvalue weighted by Gasteiger charge is -2.17. The molecule has 0 spiro atoms. The predicted octanol–water partition coefficient (Wildman–Crippen LogP) is 3.45. The van der Waals surface area contributed by atoms with Gasteiger partial charge >= 0.3 is 6.18 Å². The van der Waals surface area contributed by atoms with Crippen molar-refractivity contribution in [2.75, 3.05) is 10.8 Å². The summed E-state index contributed by atoms with van der Waals surface area (Å²) in [5.74, 6) is -1.72. The zero-order valence-electron chi connectivity index (χ0n) is 8.67. The second-order valence-electron chi connectivity index (χ2n) is 3.54. The summed E-state index contributed by atoms with van der Waals surface area (Å²) in [4.78, 5) is 12.6. The molecule has 0 radical (unpaired) electrons. The molecular formula is C10H6ClF4NOS. The van der Waals surface area contributed by atoms with E-state index in [4.69, 9.17) is 11.6 Å². The summed E-state index contributed by atoms with van der Waals surface area (Å²) in [5.41, 5.74) is -1.40. The smallest absolute Gasteiger partial charge is 0.301 e. The van der Waals surface area contributed by atoms with E-state index < -0.39 is 28.2 Å². The molecule has 1 aliphatic heterocycles. The van der Waals surface area contributed by atoms with Crippen molar-refractivity contribution in [1.82, 2.24) is 0 Å². The number of thioether (sulfide) groups is 1. The fraction of sp³-hybridized carbons (Fsp3) is 0.300. The van der Waals surface area contributed by atoms with Crippen LogP contribution in [0.15, 0.2) is 18.2 Å². The van der Waals surface area contributed by atoms with E-state index in [1.165, 1.54) is 0 Å². The number of carbonyl (C=O) groups is 1. The van der Waals surface area contributed by atoms with Crippen LogP contribution in [0, 0.1) is 5.82 Å². The van der Waals surface area contributed by atoms with Crippen molar-refractivity contribution in [3.8, 4) is 0 Å². The van der Waals surface area contributed by atoms with Gasteiger partial charge in [0.05, 0.1) is 11.4 Å². The molecule has 1 saturated heterocycles. The Labute approximate surface area is 109 Å². The third kappa shape index (κ3) is 2.42. The van der Waals surface area contributed by atoms with E-state index in [9.17, 15) is 22.4 Å². The first kappa shape index (κ1) is 13.5. The molecule has 0 aliphatic carbocycles. The largest absolute Gasteiger partial charge is 0.419 e. The van der Waals surface area contributed by atoms with Gasteiger partial charge in [0.15, 0.2) is 4.71 Å². The second-order valence-corrected chi connectivity index (χ2v) is 5.30. The molecule has 1 aromatic rings. The number of benzene rings is 1. The van der Waals surface area contributed by atoms with E-state index in [2.05, 4.69) is 0 Å². The van der Waals surface area contributed by atoms with Gasteiger partial charge in [-0.2, -0.15) is 13.2 Å². The number of amides is 1. The number of carbonyl (C=O) groups excluding carboxylic acids is 1. The topological polar surface area (TPSA) is 20.3 Å². The lowest BCUT2D eigenvalue weighted by atomic mass is 10.1. The lowest BCUT2D eigenvalue weighted by molar-refractivity contribution is -0.140. The highest BCUT2D eigenvalue weighted by atomic mass is 35.5. The van der Waals surface area contributed by atoms with Crippen molar-refractivity contribution in [3.63, 3.8) is 0 Å². The van der Waals surface area contributed by atoms with E-state index in [0.717, 1.165) is 22.7 Å². The molecule has 1 aliphatic rings. The van der Waals surface area contributed by atoms with E-state index in [1.807, 2.05) is 0 Å². The van der Waals surface area contributed by atoms with Gasteiger partial charge in [0.25, 0.3) is 5.91 Å². The van der Waals surface area contributed by atoms with E-state index in [-0.39, 0.29) is 11.6 Å². The molecule has 1 unspecified atom stereocenters. The predicted molar refractivity (Wildman–Crippen MR) is 61.0 cm³/mol. The minimum absolute atomic E-state index is 0.00984. The van der Waals surface area contributed by atoms with Gasteiger partial charge < -0.3 is 4.90 Å². The maximum absolute atomic E-state index is 13.1. The van der Waals surface area contributed by atoms with E-state index >= 15 is 0 Å². The first-order valence-electron chi connectivity index (χ1n) is 4.74. The minimum atomic E-state index is -4.80. The van der Waals surface area contributed by atoms with Gasteiger partial charge in [0.1, 0.15) is 5.82 Å². The fourth-order valence-electron chi connectivity index (χ4n) is 1.50. The van der Waals surface area contributed by atoms with Crippen LogP contribution in [-0.2, 0) is 11.0 Å². The molecule has 1 heterocycles. The Morgan fingerprint density at radius 2 is 2.06 bits per heavy atom. The van der Waals surface area contributed by atoms with Crippen LogP contribution in [0.3, 0.4) is 0 Å². The number of anilines is 1. The summed E-state index contributed by atoms with van der Waals surface area (Å²) in [7, 11) is 0. The average Bonchev–Trinajstić information content (AvgIpc) is 2.59. The molecule has 0 bridgehead atoms. The first-order valence-corrected chi connectivity index (χ1v) is 6.23. The van der Waals surface area contributed by atoms with Crippen LogP contribution in [0.1, 0.15) is 5.56 Å². The highest BCUT2D eigenvalue weighted by Crippen LogP contribution is 2.36. The van der Waals surface area contributed by atoms with Crippen LogP contribution < -0.4 is 4.90 Å². The molecular weight excluding hydrogens is 294 g/mol. The number of halogens is 5. The Morgan fingerprint density at radius 1 is 1.39 bits per heavy atom. The summed E-state index contributed by atoms with van der Waals surface area (Å²) < 4.78 is 49.8. The minimum Gasteiger partial charge on any atom is -0.301 e. The Morgan fingerprint density at radius 3 is 2.56 bits per heavy atom. The van der Waals surface area contributed by atoms with E-state index in [1.54, 1.807) is 0 Å². The maximum atomic E-state index is 13.1. The molecule has 1 atom stereocenters. The van der Waals surface area contributed by atoms with Crippen molar-refractivity contribution < 1.29 is 22.4 Å². The SMILES string of the molecule is O=C1C(Cl)SCN1c1ccc(F)c(C(F)(F)F)c1.